The van der Waals surface area contributed by atoms with Gasteiger partial charge >= 0.3 is 0 Å². The van der Waals surface area contributed by atoms with Crippen molar-refractivity contribution in [3.63, 3.8) is 0 Å². The van der Waals surface area contributed by atoms with E-state index in [9.17, 15) is 9.50 Å². The SMILES string of the molecule is Cc1cc(F)ccc1C(O)CSc1nnnn1Cc1ccco1. The lowest BCUT2D eigenvalue weighted by molar-refractivity contribution is 0.203. The number of halogens is 1. The standard InChI is InChI=1S/C15H15FN4O2S/c1-10-7-11(16)4-5-13(10)14(21)9-23-15-17-18-19-20(15)8-12-3-2-6-22-12/h2-7,14,21H,8-9H2,1H3. The second-order valence-electron chi connectivity index (χ2n) is 5.03. The van der Waals surface area contributed by atoms with Crippen molar-refractivity contribution in [3.8, 4) is 0 Å². The van der Waals surface area contributed by atoms with Crippen molar-refractivity contribution in [1.82, 2.24) is 20.2 Å². The van der Waals surface area contributed by atoms with Gasteiger partial charge in [-0.2, -0.15) is 0 Å². The molecular weight excluding hydrogens is 319 g/mol. The summed E-state index contributed by atoms with van der Waals surface area (Å²) in [6.45, 7) is 2.20. The second kappa shape index (κ2) is 6.93. The number of aromatic nitrogens is 4. The normalized spacial score (nSPS) is 12.5. The number of nitrogens with zero attached hydrogens (tertiary/aromatic N) is 4. The van der Waals surface area contributed by atoms with Crippen molar-refractivity contribution in [2.24, 2.45) is 0 Å². The van der Waals surface area contributed by atoms with Crippen LogP contribution in [0, 0.1) is 12.7 Å². The molecule has 120 valence electrons. The molecule has 0 radical (unpaired) electrons. The summed E-state index contributed by atoms with van der Waals surface area (Å²) in [5.74, 6) is 0.799. The van der Waals surface area contributed by atoms with Gasteiger partial charge in [-0.3, -0.25) is 0 Å². The number of furan rings is 1. The third-order valence-electron chi connectivity index (χ3n) is 3.35. The van der Waals surface area contributed by atoms with Gasteiger partial charge in [-0.05, 0) is 52.7 Å². The molecule has 1 unspecified atom stereocenters. The Labute approximate surface area is 136 Å². The van der Waals surface area contributed by atoms with Crippen molar-refractivity contribution >= 4 is 11.8 Å². The van der Waals surface area contributed by atoms with E-state index in [2.05, 4.69) is 15.5 Å². The fraction of sp³-hybridized carbons (Fsp3) is 0.267. The van der Waals surface area contributed by atoms with Crippen molar-refractivity contribution in [3.05, 3.63) is 59.3 Å². The summed E-state index contributed by atoms with van der Waals surface area (Å²) < 4.78 is 20.0. The number of hydrogen-bond donors (Lipinski definition) is 1. The average Bonchev–Trinajstić information content (AvgIpc) is 3.17. The van der Waals surface area contributed by atoms with Crippen LogP contribution in [0.2, 0.25) is 0 Å². The number of aliphatic hydroxyl groups is 1. The van der Waals surface area contributed by atoms with Gasteiger partial charge in [0.25, 0.3) is 0 Å². The number of aryl methyl sites for hydroxylation is 1. The van der Waals surface area contributed by atoms with Crippen molar-refractivity contribution in [2.45, 2.75) is 24.7 Å². The first kappa shape index (κ1) is 15.7. The molecule has 0 saturated heterocycles. The molecule has 1 N–H and O–H groups in total. The Balaban J connectivity index is 1.65. The van der Waals surface area contributed by atoms with E-state index in [1.54, 1.807) is 30.0 Å². The summed E-state index contributed by atoms with van der Waals surface area (Å²) in [5.41, 5.74) is 1.41. The van der Waals surface area contributed by atoms with Gasteiger partial charge < -0.3 is 9.52 Å². The summed E-state index contributed by atoms with van der Waals surface area (Å²) in [7, 11) is 0. The molecular formula is C15H15FN4O2S. The number of tetrazole rings is 1. The summed E-state index contributed by atoms with van der Waals surface area (Å²) in [6.07, 6.45) is 0.863. The second-order valence-corrected chi connectivity index (χ2v) is 6.01. The first-order chi connectivity index (χ1) is 11.1. The molecule has 8 heteroatoms. The molecule has 0 saturated carbocycles. The van der Waals surface area contributed by atoms with Crippen LogP contribution in [0.4, 0.5) is 4.39 Å². The van der Waals surface area contributed by atoms with Gasteiger partial charge in [0.2, 0.25) is 5.16 Å². The smallest absolute Gasteiger partial charge is 0.209 e. The highest BCUT2D eigenvalue weighted by Crippen LogP contribution is 2.25. The highest BCUT2D eigenvalue weighted by Gasteiger charge is 2.15. The number of benzene rings is 1. The predicted molar refractivity (Wildman–Crippen MR) is 82.4 cm³/mol. The molecule has 0 spiro atoms. The van der Waals surface area contributed by atoms with E-state index in [1.807, 2.05) is 6.07 Å². The molecule has 1 aromatic carbocycles. The zero-order valence-corrected chi connectivity index (χ0v) is 13.2. The van der Waals surface area contributed by atoms with Gasteiger partial charge in [0.05, 0.1) is 12.4 Å². The van der Waals surface area contributed by atoms with Crippen LogP contribution < -0.4 is 0 Å². The highest BCUT2D eigenvalue weighted by molar-refractivity contribution is 7.99. The zero-order chi connectivity index (χ0) is 16.2. The summed E-state index contributed by atoms with van der Waals surface area (Å²) in [4.78, 5) is 0. The Kier molecular flexibility index (Phi) is 4.73. The van der Waals surface area contributed by atoms with E-state index in [0.29, 0.717) is 28.6 Å². The quantitative estimate of drug-likeness (QED) is 0.698. The van der Waals surface area contributed by atoms with Crippen LogP contribution in [0.1, 0.15) is 23.0 Å². The van der Waals surface area contributed by atoms with Crippen molar-refractivity contribution in [2.75, 3.05) is 5.75 Å². The lowest BCUT2D eigenvalue weighted by atomic mass is 10.0. The molecule has 0 aliphatic heterocycles. The number of rotatable bonds is 6. The minimum atomic E-state index is -0.727. The van der Waals surface area contributed by atoms with E-state index in [0.717, 1.165) is 5.76 Å². The first-order valence-corrected chi connectivity index (χ1v) is 7.97. The summed E-state index contributed by atoms with van der Waals surface area (Å²) in [6, 6.07) is 7.99. The minimum absolute atomic E-state index is 0.312. The summed E-state index contributed by atoms with van der Waals surface area (Å²) >= 11 is 1.33. The van der Waals surface area contributed by atoms with Gasteiger partial charge in [-0.15, -0.1) is 5.10 Å². The van der Waals surface area contributed by atoms with E-state index in [1.165, 1.54) is 23.9 Å². The Morgan fingerprint density at radius 1 is 1.39 bits per heavy atom. The molecule has 2 aromatic heterocycles. The van der Waals surface area contributed by atoms with E-state index >= 15 is 0 Å². The molecule has 23 heavy (non-hydrogen) atoms. The molecule has 1 atom stereocenters. The minimum Gasteiger partial charge on any atom is -0.467 e. The largest absolute Gasteiger partial charge is 0.467 e. The molecule has 0 aliphatic carbocycles. The highest BCUT2D eigenvalue weighted by atomic mass is 32.2. The number of thioether (sulfide) groups is 1. The van der Waals surface area contributed by atoms with Crippen LogP contribution in [0.15, 0.2) is 46.2 Å². The molecule has 0 bridgehead atoms. The third-order valence-corrected chi connectivity index (χ3v) is 4.38. The Hall–Kier alpha value is -2.19. The lowest BCUT2D eigenvalue weighted by Gasteiger charge is -2.13. The monoisotopic (exact) mass is 334 g/mol. The maximum atomic E-state index is 13.1. The van der Waals surface area contributed by atoms with Crippen LogP contribution in [0.25, 0.3) is 0 Å². The topological polar surface area (TPSA) is 77.0 Å². The van der Waals surface area contributed by atoms with Crippen LogP contribution in [0.5, 0.6) is 0 Å². The van der Waals surface area contributed by atoms with Gasteiger partial charge in [0.1, 0.15) is 18.1 Å². The Morgan fingerprint density at radius 2 is 2.26 bits per heavy atom. The fourth-order valence-electron chi connectivity index (χ4n) is 2.21. The van der Waals surface area contributed by atoms with Crippen LogP contribution >= 0.6 is 11.8 Å². The van der Waals surface area contributed by atoms with Crippen LogP contribution in [-0.4, -0.2) is 31.1 Å². The Bertz CT molecular complexity index is 776. The molecule has 3 aromatic rings. The zero-order valence-electron chi connectivity index (χ0n) is 12.4. The van der Waals surface area contributed by atoms with Crippen molar-refractivity contribution < 1.29 is 13.9 Å². The van der Waals surface area contributed by atoms with E-state index < -0.39 is 6.10 Å². The predicted octanol–water partition coefficient (Wildman–Crippen LogP) is 2.59. The summed E-state index contributed by atoms with van der Waals surface area (Å²) in [5, 5.41) is 22.4. The molecule has 0 amide bonds. The van der Waals surface area contributed by atoms with E-state index in [-0.39, 0.29) is 5.82 Å². The van der Waals surface area contributed by atoms with E-state index in [4.69, 9.17) is 4.42 Å². The maximum absolute atomic E-state index is 13.1. The number of hydrogen-bond acceptors (Lipinski definition) is 6. The average molecular weight is 334 g/mol. The molecule has 0 fully saturated rings. The molecule has 6 nitrogen and oxygen atoms in total. The van der Waals surface area contributed by atoms with Gasteiger partial charge in [0, 0.05) is 5.75 Å². The first-order valence-electron chi connectivity index (χ1n) is 6.99. The Morgan fingerprint density at radius 3 is 3.00 bits per heavy atom. The van der Waals surface area contributed by atoms with Crippen LogP contribution in [0.3, 0.4) is 0 Å². The maximum Gasteiger partial charge on any atom is 0.209 e. The van der Waals surface area contributed by atoms with Crippen LogP contribution in [-0.2, 0) is 6.54 Å². The fourth-order valence-corrected chi connectivity index (χ4v) is 3.04. The van der Waals surface area contributed by atoms with Gasteiger partial charge in [0.15, 0.2) is 0 Å². The van der Waals surface area contributed by atoms with Gasteiger partial charge in [-0.25, -0.2) is 9.07 Å². The molecule has 3 rings (SSSR count). The molecule has 2 heterocycles. The van der Waals surface area contributed by atoms with Crippen molar-refractivity contribution in [1.29, 1.82) is 0 Å². The lowest BCUT2D eigenvalue weighted by Crippen LogP contribution is -2.06. The molecule has 0 aliphatic rings. The third kappa shape index (κ3) is 3.77. The number of aliphatic hydroxyl groups excluding tert-OH is 1. The van der Waals surface area contributed by atoms with Gasteiger partial charge in [-0.1, -0.05) is 17.8 Å².